The fraction of sp³-hybridized carbons (Fsp3) is 0.300. The van der Waals surface area contributed by atoms with E-state index in [1.54, 1.807) is 19.1 Å². The SMILES string of the molecule is CCc1cc(O)c(C)cc1C#N. The second kappa shape index (κ2) is 3.27. The number of hydrogen-bond donors (Lipinski definition) is 1. The number of phenolic OH excluding ortho intramolecular Hbond substituents is 1. The highest BCUT2D eigenvalue weighted by Gasteiger charge is 2.03. The van der Waals surface area contributed by atoms with Crippen molar-refractivity contribution in [1.29, 1.82) is 5.26 Å². The van der Waals surface area contributed by atoms with Crippen LogP contribution in [0.3, 0.4) is 0 Å². The van der Waals surface area contributed by atoms with E-state index in [4.69, 9.17) is 5.26 Å². The first-order valence-electron chi connectivity index (χ1n) is 3.91. The summed E-state index contributed by atoms with van der Waals surface area (Å²) in [6, 6.07) is 5.48. The maximum absolute atomic E-state index is 9.34. The van der Waals surface area contributed by atoms with Crippen LogP contribution < -0.4 is 0 Å². The van der Waals surface area contributed by atoms with E-state index in [0.717, 1.165) is 17.5 Å². The molecule has 0 heterocycles. The third kappa shape index (κ3) is 1.40. The molecule has 0 fully saturated rings. The molecule has 0 spiro atoms. The highest BCUT2D eigenvalue weighted by Crippen LogP contribution is 2.21. The Kier molecular flexibility index (Phi) is 2.35. The van der Waals surface area contributed by atoms with E-state index in [9.17, 15) is 5.11 Å². The minimum absolute atomic E-state index is 0.269. The fourth-order valence-electron chi connectivity index (χ4n) is 1.14. The zero-order valence-corrected chi connectivity index (χ0v) is 7.26. The first-order chi connectivity index (χ1) is 5.69. The molecule has 1 aromatic carbocycles. The van der Waals surface area contributed by atoms with Gasteiger partial charge in [-0.1, -0.05) is 6.92 Å². The number of aryl methyl sites for hydroxylation is 2. The molecular formula is C10H11NO. The molecular weight excluding hydrogens is 150 g/mol. The summed E-state index contributed by atoms with van der Waals surface area (Å²) < 4.78 is 0. The predicted molar refractivity (Wildman–Crippen MR) is 46.9 cm³/mol. The van der Waals surface area contributed by atoms with Crippen molar-refractivity contribution in [1.82, 2.24) is 0 Å². The van der Waals surface area contributed by atoms with Crippen molar-refractivity contribution in [3.05, 3.63) is 28.8 Å². The van der Waals surface area contributed by atoms with Crippen LogP contribution >= 0.6 is 0 Å². The van der Waals surface area contributed by atoms with Gasteiger partial charge in [0.1, 0.15) is 5.75 Å². The molecule has 0 saturated carbocycles. The van der Waals surface area contributed by atoms with Gasteiger partial charge in [0.05, 0.1) is 11.6 Å². The molecule has 0 radical (unpaired) electrons. The van der Waals surface area contributed by atoms with Crippen LogP contribution in [0.5, 0.6) is 5.75 Å². The third-order valence-corrected chi connectivity index (χ3v) is 1.92. The van der Waals surface area contributed by atoms with Crippen molar-refractivity contribution in [2.24, 2.45) is 0 Å². The molecule has 12 heavy (non-hydrogen) atoms. The Morgan fingerprint density at radius 1 is 1.50 bits per heavy atom. The molecule has 0 amide bonds. The van der Waals surface area contributed by atoms with Crippen molar-refractivity contribution < 1.29 is 5.11 Å². The number of aromatic hydroxyl groups is 1. The Morgan fingerprint density at radius 3 is 2.67 bits per heavy atom. The van der Waals surface area contributed by atoms with Crippen molar-refractivity contribution in [2.45, 2.75) is 20.3 Å². The van der Waals surface area contributed by atoms with Crippen LogP contribution in [0.2, 0.25) is 0 Å². The lowest BCUT2D eigenvalue weighted by atomic mass is 10.0. The van der Waals surface area contributed by atoms with Crippen molar-refractivity contribution in [3.8, 4) is 11.8 Å². The summed E-state index contributed by atoms with van der Waals surface area (Å²) in [5.74, 6) is 0.269. The van der Waals surface area contributed by atoms with E-state index in [1.807, 2.05) is 6.92 Å². The molecule has 62 valence electrons. The number of rotatable bonds is 1. The van der Waals surface area contributed by atoms with Gasteiger partial charge < -0.3 is 5.11 Å². The van der Waals surface area contributed by atoms with Crippen LogP contribution in [0.25, 0.3) is 0 Å². The van der Waals surface area contributed by atoms with E-state index >= 15 is 0 Å². The van der Waals surface area contributed by atoms with Crippen LogP contribution in [-0.4, -0.2) is 5.11 Å². The minimum Gasteiger partial charge on any atom is -0.508 e. The van der Waals surface area contributed by atoms with Gasteiger partial charge in [0.2, 0.25) is 0 Å². The first-order valence-corrected chi connectivity index (χ1v) is 3.91. The Hall–Kier alpha value is -1.49. The van der Waals surface area contributed by atoms with Crippen LogP contribution in [0.1, 0.15) is 23.6 Å². The molecule has 1 aromatic rings. The van der Waals surface area contributed by atoms with Gasteiger partial charge in [0.15, 0.2) is 0 Å². The van der Waals surface area contributed by atoms with Gasteiger partial charge in [-0.15, -0.1) is 0 Å². The summed E-state index contributed by atoms with van der Waals surface area (Å²) >= 11 is 0. The van der Waals surface area contributed by atoms with Crippen LogP contribution in [0.4, 0.5) is 0 Å². The summed E-state index contributed by atoms with van der Waals surface area (Å²) in [6.45, 7) is 3.75. The van der Waals surface area contributed by atoms with E-state index in [-0.39, 0.29) is 5.75 Å². The topological polar surface area (TPSA) is 44.0 Å². The molecule has 0 unspecified atom stereocenters. The lowest BCUT2D eigenvalue weighted by Crippen LogP contribution is -1.88. The van der Waals surface area contributed by atoms with Crippen molar-refractivity contribution in [3.63, 3.8) is 0 Å². The molecule has 1 N–H and O–H groups in total. The van der Waals surface area contributed by atoms with Gasteiger partial charge in [0, 0.05) is 0 Å². The van der Waals surface area contributed by atoms with Gasteiger partial charge >= 0.3 is 0 Å². The number of phenols is 1. The molecule has 0 atom stereocenters. The Morgan fingerprint density at radius 2 is 2.17 bits per heavy atom. The summed E-state index contributed by atoms with van der Waals surface area (Å²) in [6.07, 6.45) is 0.775. The summed E-state index contributed by atoms with van der Waals surface area (Å²) in [5.41, 5.74) is 2.32. The second-order valence-corrected chi connectivity index (χ2v) is 2.76. The lowest BCUT2D eigenvalue weighted by molar-refractivity contribution is 0.470. The van der Waals surface area contributed by atoms with E-state index in [1.165, 1.54) is 0 Å². The van der Waals surface area contributed by atoms with Gasteiger partial charge in [-0.05, 0) is 36.6 Å². The Bertz CT molecular complexity index is 336. The summed E-state index contributed by atoms with van der Waals surface area (Å²) in [5, 5.41) is 18.1. The highest BCUT2D eigenvalue weighted by atomic mass is 16.3. The average molecular weight is 161 g/mol. The van der Waals surface area contributed by atoms with Gasteiger partial charge in [-0.3, -0.25) is 0 Å². The lowest BCUT2D eigenvalue weighted by Gasteiger charge is -2.03. The first kappa shape index (κ1) is 8.61. The molecule has 2 nitrogen and oxygen atoms in total. The quantitative estimate of drug-likeness (QED) is 0.685. The number of benzene rings is 1. The average Bonchev–Trinajstić information content (AvgIpc) is 2.09. The minimum atomic E-state index is 0.269. The molecule has 1 rings (SSSR count). The Labute approximate surface area is 72.1 Å². The summed E-state index contributed by atoms with van der Waals surface area (Å²) in [4.78, 5) is 0. The highest BCUT2D eigenvalue weighted by molar-refractivity contribution is 5.46. The van der Waals surface area contributed by atoms with Gasteiger partial charge in [0.25, 0.3) is 0 Å². The zero-order valence-electron chi connectivity index (χ0n) is 7.26. The maximum Gasteiger partial charge on any atom is 0.118 e. The van der Waals surface area contributed by atoms with Gasteiger partial charge in [-0.25, -0.2) is 0 Å². The molecule has 0 aliphatic rings. The number of nitrogens with zero attached hydrogens (tertiary/aromatic N) is 1. The van der Waals surface area contributed by atoms with E-state index < -0.39 is 0 Å². The monoisotopic (exact) mass is 161 g/mol. The molecule has 0 saturated heterocycles. The standard InChI is InChI=1S/C10H11NO/c1-3-8-5-10(12)7(2)4-9(8)6-11/h4-5,12H,3H2,1-2H3. The maximum atomic E-state index is 9.34. The predicted octanol–water partition coefficient (Wildman–Crippen LogP) is 2.13. The molecule has 0 aliphatic carbocycles. The zero-order chi connectivity index (χ0) is 9.14. The van der Waals surface area contributed by atoms with Crippen LogP contribution in [-0.2, 0) is 6.42 Å². The number of nitriles is 1. The smallest absolute Gasteiger partial charge is 0.118 e. The normalized spacial score (nSPS) is 9.42. The molecule has 0 bridgehead atoms. The largest absolute Gasteiger partial charge is 0.508 e. The third-order valence-electron chi connectivity index (χ3n) is 1.92. The van der Waals surface area contributed by atoms with E-state index in [2.05, 4.69) is 6.07 Å². The van der Waals surface area contributed by atoms with Crippen molar-refractivity contribution >= 4 is 0 Å². The van der Waals surface area contributed by atoms with Crippen LogP contribution in [0.15, 0.2) is 12.1 Å². The van der Waals surface area contributed by atoms with Crippen molar-refractivity contribution in [2.75, 3.05) is 0 Å². The van der Waals surface area contributed by atoms with E-state index in [0.29, 0.717) is 5.56 Å². The second-order valence-electron chi connectivity index (χ2n) is 2.76. The molecule has 0 aromatic heterocycles. The number of hydrogen-bond acceptors (Lipinski definition) is 2. The summed E-state index contributed by atoms with van der Waals surface area (Å²) in [7, 11) is 0. The van der Waals surface area contributed by atoms with Gasteiger partial charge in [-0.2, -0.15) is 5.26 Å². The fourth-order valence-corrected chi connectivity index (χ4v) is 1.14. The van der Waals surface area contributed by atoms with Crippen LogP contribution in [0, 0.1) is 18.3 Å². The Balaban J connectivity index is 3.31. The molecule has 2 heteroatoms. The molecule has 0 aliphatic heterocycles.